The molecule has 0 bridgehead atoms. The molecule has 0 aliphatic heterocycles. The van der Waals surface area contributed by atoms with Crippen LogP contribution in [0.5, 0.6) is 5.75 Å². The van der Waals surface area contributed by atoms with E-state index in [0.29, 0.717) is 0 Å². The number of hydrogen-bond donors (Lipinski definition) is 1. The van der Waals surface area contributed by atoms with Crippen LogP contribution >= 0.6 is 11.6 Å². The molecule has 5 rings (SSSR count). The molecule has 0 radical (unpaired) electrons. The predicted molar refractivity (Wildman–Crippen MR) is 192 cm³/mol. The molecular formula is C37H39ClN4O7S. The Morgan fingerprint density at radius 2 is 1.60 bits per heavy atom. The van der Waals surface area contributed by atoms with Gasteiger partial charge in [-0.1, -0.05) is 91.2 Å². The van der Waals surface area contributed by atoms with Gasteiger partial charge in [-0.15, -0.1) is 0 Å². The number of hydrogen-bond acceptors (Lipinski definition) is 7. The summed E-state index contributed by atoms with van der Waals surface area (Å²) in [5, 5.41) is 15.1. The molecule has 1 N–H and O–H groups in total. The Kier molecular flexibility index (Phi) is 11.8. The number of nitrogens with one attached hydrogen (secondary N) is 1. The van der Waals surface area contributed by atoms with Gasteiger partial charge in [0.2, 0.25) is 11.8 Å². The number of ether oxygens (including phenoxy) is 1. The first-order valence-corrected chi connectivity index (χ1v) is 18.1. The van der Waals surface area contributed by atoms with E-state index in [9.17, 15) is 28.1 Å². The van der Waals surface area contributed by atoms with Gasteiger partial charge in [0.1, 0.15) is 18.3 Å². The van der Waals surface area contributed by atoms with Crippen LogP contribution in [0.1, 0.15) is 42.4 Å². The molecule has 1 aliphatic rings. The summed E-state index contributed by atoms with van der Waals surface area (Å²) in [6.45, 7) is 0.738. The van der Waals surface area contributed by atoms with Crippen molar-refractivity contribution < 1.29 is 27.7 Å². The lowest BCUT2D eigenvalue weighted by atomic mass is 10.0. The normalized spacial score (nSPS) is 13.7. The van der Waals surface area contributed by atoms with Crippen molar-refractivity contribution >= 4 is 44.8 Å². The largest absolute Gasteiger partial charge is 0.495 e. The fourth-order valence-corrected chi connectivity index (χ4v) is 7.75. The summed E-state index contributed by atoms with van der Waals surface area (Å²) >= 11 is 6.36. The molecule has 1 fully saturated rings. The minimum Gasteiger partial charge on any atom is -0.495 e. The number of nitro groups is 1. The topological polar surface area (TPSA) is 139 Å². The van der Waals surface area contributed by atoms with Gasteiger partial charge in [-0.2, -0.15) is 0 Å². The second kappa shape index (κ2) is 16.2. The number of nitrogens with zero attached hydrogens (tertiary/aromatic N) is 3. The third-order valence-corrected chi connectivity index (χ3v) is 10.8. The summed E-state index contributed by atoms with van der Waals surface area (Å²) in [6.07, 6.45) is 3.83. The fraction of sp³-hybridized carbons (Fsp3) is 0.297. The van der Waals surface area contributed by atoms with Gasteiger partial charge in [-0.25, -0.2) is 8.42 Å². The average molecular weight is 719 g/mol. The highest BCUT2D eigenvalue weighted by Gasteiger charge is 2.37. The van der Waals surface area contributed by atoms with E-state index in [1.807, 2.05) is 60.7 Å². The summed E-state index contributed by atoms with van der Waals surface area (Å²) in [6, 6.07) is 25.3. The summed E-state index contributed by atoms with van der Waals surface area (Å²) < 4.78 is 35.3. The highest BCUT2D eigenvalue weighted by Crippen LogP contribution is 2.36. The van der Waals surface area contributed by atoms with Crippen molar-refractivity contribution in [1.82, 2.24) is 10.2 Å². The van der Waals surface area contributed by atoms with E-state index in [0.717, 1.165) is 47.2 Å². The van der Waals surface area contributed by atoms with Gasteiger partial charge in [0, 0.05) is 35.7 Å². The first-order chi connectivity index (χ1) is 24.0. The molecule has 4 aromatic carbocycles. The quantitative estimate of drug-likeness (QED) is 0.117. The molecule has 0 saturated heterocycles. The second-order valence-electron chi connectivity index (χ2n) is 12.2. The predicted octanol–water partition coefficient (Wildman–Crippen LogP) is 6.46. The minimum absolute atomic E-state index is 0.00579. The Bertz CT molecular complexity index is 1940. The highest BCUT2D eigenvalue weighted by atomic mass is 35.5. The zero-order valence-electron chi connectivity index (χ0n) is 27.8. The maximum atomic E-state index is 14.8. The molecule has 11 nitrogen and oxygen atoms in total. The summed E-state index contributed by atoms with van der Waals surface area (Å²) in [5.74, 6) is -0.917. The maximum absolute atomic E-state index is 14.8. The zero-order valence-corrected chi connectivity index (χ0v) is 29.4. The van der Waals surface area contributed by atoms with Crippen molar-refractivity contribution in [2.75, 3.05) is 18.0 Å². The third kappa shape index (κ3) is 8.61. The zero-order chi connectivity index (χ0) is 35.8. The van der Waals surface area contributed by atoms with Crippen molar-refractivity contribution in [3.63, 3.8) is 0 Å². The number of halogens is 1. The molecule has 0 heterocycles. The minimum atomic E-state index is -4.66. The van der Waals surface area contributed by atoms with Crippen LogP contribution in [0, 0.1) is 17.0 Å². The van der Waals surface area contributed by atoms with E-state index >= 15 is 0 Å². The van der Waals surface area contributed by atoms with Gasteiger partial charge in [-0.05, 0) is 55.2 Å². The van der Waals surface area contributed by atoms with E-state index in [4.69, 9.17) is 16.3 Å². The van der Waals surface area contributed by atoms with Gasteiger partial charge in [0.05, 0.1) is 22.6 Å². The molecule has 50 heavy (non-hydrogen) atoms. The van der Waals surface area contributed by atoms with Gasteiger partial charge in [-0.3, -0.25) is 24.0 Å². The van der Waals surface area contributed by atoms with E-state index < -0.39 is 44.0 Å². The van der Waals surface area contributed by atoms with E-state index in [2.05, 4.69) is 5.32 Å². The molecule has 1 aliphatic carbocycles. The lowest BCUT2D eigenvalue weighted by molar-refractivity contribution is -0.385. The fourth-order valence-electron chi connectivity index (χ4n) is 6.15. The second-order valence-corrected chi connectivity index (χ2v) is 14.5. The first kappa shape index (κ1) is 36.3. The van der Waals surface area contributed by atoms with E-state index in [1.165, 1.54) is 49.3 Å². The number of sulfonamides is 1. The average Bonchev–Trinajstić information content (AvgIpc) is 3.62. The van der Waals surface area contributed by atoms with E-state index in [-0.39, 0.29) is 46.9 Å². The molecule has 2 amide bonds. The Labute approximate surface area is 297 Å². The third-order valence-electron chi connectivity index (χ3n) is 8.82. The van der Waals surface area contributed by atoms with Crippen molar-refractivity contribution in [2.24, 2.45) is 0 Å². The number of nitro benzene ring substituents is 1. The Hall–Kier alpha value is -4.94. The number of benzene rings is 4. The summed E-state index contributed by atoms with van der Waals surface area (Å²) in [4.78, 5) is 41.0. The van der Waals surface area contributed by atoms with Crippen LogP contribution in [0.3, 0.4) is 0 Å². The van der Waals surface area contributed by atoms with Crippen LogP contribution in [0.2, 0.25) is 5.02 Å². The van der Waals surface area contributed by atoms with Crippen molar-refractivity contribution in [3.05, 3.63) is 129 Å². The number of methoxy groups -OCH3 is 1. The van der Waals surface area contributed by atoms with Crippen LogP contribution in [0.4, 0.5) is 11.4 Å². The van der Waals surface area contributed by atoms with Crippen LogP contribution in [-0.4, -0.2) is 55.8 Å². The Morgan fingerprint density at radius 1 is 0.960 bits per heavy atom. The monoisotopic (exact) mass is 718 g/mol. The Morgan fingerprint density at radius 3 is 2.22 bits per heavy atom. The number of rotatable bonds is 14. The molecule has 0 aromatic heterocycles. The molecule has 262 valence electrons. The first-order valence-electron chi connectivity index (χ1n) is 16.3. The molecular weight excluding hydrogens is 680 g/mol. The van der Waals surface area contributed by atoms with Gasteiger partial charge in [0.25, 0.3) is 15.7 Å². The Balaban J connectivity index is 1.62. The van der Waals surface area contributed by atoms with Crippen molar-refractivity contribution in [1.29, 1.82) is 0 Å². The molecule has 1 saturated carbocycles. The van der Waals surface area contributed by atoms with Crippen LogP contribution in [0.15, 0.2) is 102 Å². The summed E-state index contributed by atoms with van der Waals surface area (Å²) in [5.41, 5.74) is 1.37. The van der Waals surface area contributed by atoms with Gasteiger partial charge in [0.15, 0.2) is 0 Å². The van der Waals surface area contributed by atoms with Crippen molar-refractivity contribution in [2.45, 2.75) is 62.6 Å². The lowest BCUT2D eigenvalue weighted by Gasteiger charge is -2.34. The molecule has 0 spiro atoms. The maximum Gasteiger partial charge on any atom is 0.273 e. The van der Waals surface area contributed by atoms with Crippen molar-refractivity contribution in [3.8, 4) is 5.75 Å². The molecule has 1 unspecified atom stereocenters. The molecule has 13 heteroatoms. The van der Waals surface area contributed by atoms with Crippen LogP contribution < -0.4 is 14.4 Å². The number of amides is 2. The number of anilines is 1. The van der Waals surface area contributed by atoms with Gasteiger partial charge < -0.3 is 15.0 Å². The lowest BCUT2D eigenvalue weighted by Crippen LogP contribution is -2.54. The highest BCUT2D eigenvalue weighted by molar-refractivity contribution is 7.92. The SMILES string of the molecule is COc1ccc(Cl)cc1N(CC(=O)N(Cc1ccccc1)C(Cc1ccccc1)C(=O)NC1CCCC1)S(=O)(=O)c1ccc(C)c([N+](=O)[O-])c1. The number of carbonyl (C=O) groups is 2. The number of carbonyl (C=O) groups excluding carboxylic acids is 2. The standard InChI is InChI=1S/C37H39ClN4O7S/c1-26-17-19-31(23-32(26)42(45)46)50(47,48)41(33-22-29(38)18-20-35(33)49-2)25-36(43)40(24-28-13-7-4-8-14-28)34(21-27-11-5-3-6-12-27)37(44)39-30-15-9-10-16-30/h3-8,11-14,17-20,22-23,30,34H,9-10,15-16,21,24-25H2,1-2H3,(H,39,44). The van der Waals surface area contributed by atoms with Crippen LogP contribution in [0.25, 0.3) is 0 Å². The number of aryl methyl sites for hydroxylation is 1. The smallest absolute Gasteiger partial charge is 0.273 e. The summed E-state index contributed by atoms with van der Waals surface area (Å²) in [7, 11) is -3.31. The van der Waals surface area contributed by atoms with E-state index in [1.54, 1.807) is 0 Å². The van der Waals surface area contributed by atoms with Crippen LogP contribution in [-0.2, 0) is 32.6 Å². The molecule has 1 atom stereocenters. The van der Waals surface area contributed by atoms with Gasteiger partial charge >= 0.3 is 0 Å². The molecule has 4 aromatic rings.